The number of alkyl halides is 2. The molecular weight excluding hydrogens is 645 g/mol. The third-order valence-electron chi connectivity index (χ3n) is 9.04. The van der Waals surface area contributed by atoms with Crippen LogP contribution >= 0.6 is 0 Å². The zero-order valence-electron chi connectivity index (χ0n) is 26.8. The Labute approximate surface area is 278 Å². The molecule has 0 atom stereocenters. The number of ether oxygens (including phenoxy) is 3. The van der Waals surface area contributed by atoms with Crippen LogP contribution < -0.4 is 30.4 Å². The van der Waals surface area contributed by atoms with Crippen LogP contribution in [0.1, 0.15) is 35.4 Å². The third-order valence-corrected chi connectivity index (χ3v) is 9.04. The van der Waals surface area contributed by atoms with Gasteiger partial charge >= 0.3 is 5.69 Å². The van der Waals surface area contributed by atoms with Crippen LogP contribution in [-0.4, -0.2) is 79.6 Å². The zero-order valence-corrected chi connectivity index (χ0v) is 26.8. The lowest BCUT2D eigenvalue weighted by molar-refractivity contribution is -0.120. The van der Waals surface area contributed by atoms with E-state index in [1.54, 1.807) is 23.1 Å². The minimum atomic E-state index is -1.60. The van der Waals surface area contributed by atoms with Crippen LogP contribution in [0.15, 0.2) is 58.1 Å². The van der Waals surface area contributed by atoms with E-state index in [0.29, 0.717) is 44.4 Å². The molecule has 0 saturated carbocycles. The van der Waals surface area contributed by atoms with E-state index in [1.807, 2.05) is 24.3 Å². The van der Waals surface area contributed by atoms with Gasteiger partial charge in [0, 0.05) is 37.0 Å². The fourth-order valence-electron chi connectivity index (χ4n) is 6.53. The fraction of sp³-hybridized carbons (Fsp3) is 0.371. The number of hydrogen-bond acceptors (Lipinski definition) is 7. The summed E-state index contributed by atoms with van der Waals surface area (Å²) in [5.41, 5.74) is 0.847. The summed E-state index contributed by atoms with van der Waals surface area (Å²) >= 11 is 0. The van der Waals surface area contributed by atoms with Crippen LogP contribution in [-0.2, 0) is 22.6 Å². The molecule has 258 valence electrons. The standard InChI is InChI=1S/C35H35F3N4O7/c1-47-29-14-21(6-7-28(29)48-19-30(44)41-13-10-22-4-2-3-5-27(22)41)18-42-34(45)32-26(39-35(42)46)15-25(38)33(49-24(16-36)17-37)31(32)23-8-11-40(20-43)12-9-23/h2-7,14-15,20,23-24H,8-13,16-19H2,1H3,(H,39,46). The van der Waals surface area contributed by atoms with Crippen molar-refractivity contribution < 1.29 is 37.0 Å². The lowest BCUT2D eigenvalue weighted by Gasteiger charge is -2.31. The summed E-state index contributed by atoms with van der Waals surface area (Å²) in [7, 11) is 1.42. The van der Waals surface area contributed by atoms with Crippen molar-refractivity contribution in [2.24, 2.45) is 0 Å². The second-order valence-corrected chi connectivity index (χ2v) is 12.0. The van der Waals surface area contributed by atoms with Crippen LogP contribution in [0, 0.1) is 5.82 Å². The largest absolute Gasteiger partial charge is 0.493 e. The number of amides is 2. The molecular formula is C35H35F3N4O7. The summed E-state index contributed by atoms with van der Waals surface area (Å²) in [5.74, 6) is -1.62. The van der Waals surface area contributed by atoms with Crippen molar-refractivity contribution >= 4 is 28.9 Å². The van der Waals surface area contributed by atoms with Gasteiger partial charge in [0.2, 0.25) is 6.41 Å². The highest BCUT2D eigenvalue weighted by atomic mass is 19.1. The monoisotopic (exact) mass is 680 g/mol. The number of anilines is 1. The van der Waals surface area contributed by atoms with Crippen molar-refractivity contribution in [2.75, 3.05) is 51.6 Å². The minimum Gasteiger partial charge on any atom is -0.493 e. The zero-order chi connectivity index (χ0) is 34.7. The lowest BCUT2D eigenvalue weighted by atomic mass is 9.86. The van der Waals surface area contributed by atoms with E-state index >= 15 is 4.39 Å². The number of nitrogens with zero attached hydrogens (tertiary/aromatic N) is 3. The number of methoxy groups -OCH3 is 1. The number of benzene rings is 3. The molecule has 0 spiro atoms. The van der Waals surface area contributed by atoms with Crippen LogP contribution in [0.5, 0.6) is 17.2 Å². The molecule has 1 saturated heterocycles. The Morgan fingerprint density at radius 3 is 2.51 bits per heavy atom. The summed E-state index contributed by atoms with van der Waals surface area (Å²) in [6.45, 7) is -1.75. The summed E-state index contributed by atoms with van der Waals surface area (Å²) in [4.78, 5) is 57.4. The summed E-state index contributed by atoms with van der Waals surface area (Å²) in [6, 6.07) is 13.3. The molecule has 6 rings (SSSR count). The Hall–Kier alpha value is -5.27. The van der Waals surface area contributed by atoms with E-state index in [1.165, 1.54) is 12.0 Å². The van der Waals surface area contributed by atoms with E-state index in [4.69, 9.17) is 14.2 Å². The first kappa shape index (κ1) is 33.6. The summed E-state index contributed by atoms with van der Waals surface area (Å²) in [5, 5.41) is -0.0501. The van der Waals surface area contributed by atoms with Gasteiger partial charge < -0.3 is 29.0 Å². The molecule has 2 aliphatic rings. The van der Waals surface area contributed by atoms with Crippen molar-refractivity contribution in [1.29, 1.82) is 0 Å². The highest BCUT2D eigenvalue weighted by Crippen LogP contribution is 2.40. The molecule has 1 N–H and O–H groups in total. The van der Waals surface area contributed by atoms with Gasteiger partial charge in [-0.25, -0.2) is 18.0 Å². The molecule has 1 fully saturated rings. The van der Waals surface area contributed by atoms with Gasteiger partial charge in [0.05, 0.1) is 24.6 Å². The molecule has 14 heteroatoms. The maximum atomic E-state index is 15.5. The third kappa shape index (κ3) is 6.72. The number of carbonyl (C=O) groups excluding carboxylic acids is 2. The molecule has 1 aromatic heterocycles. The number of rotatable bonds is 12. The van der Waals surface area contributed by atoms with Gasteiger partial charge in [-0.2, -0.15) is 0 Å². The minimum absolute atomic E-state index is 0.0501. The fourth-order valence-corrected chi connectivity index (χ4v) is 6.53. The molecule has 3 heterocycles. The highest BCUT2D eigenvalue weighted by Gasteiger charge is 2.31. The first-order valence-electron chi connectivity index (χ1n) is 15.9. The molecule has 49 heavy (non-hydrogen) atoms. The van der Waals surface area contributed by atoms with Crippen LogP contribution in [0.25, 0.3) is 10.9 Å². The number of para-hydroxylation sites is 1. The first-order valence-corrected chi connectivity index (χ1v) is 15.9. The van der Waals surface area contributed by atoms with Crippen molar-refractivity contribution in [2.45, 2.75) is 37.8 Å². The molecule has 2 amide bonds. The highest BCUT2D eigenvalue weighted by molar-refractivity contribution is 5.96. The Kier molecular flexibility index (Phi) is 9.92. The van der Waals surface area contributed by atoms with Gasteiger partial charge in [-0.15, -0.1) is 0 Å². The first-order chi connectivity index (χ1) is 23.8. The number of carbonyl (C=O) groups is 2. The maximum absolute atomic E-state index is 15.5. The van der Waals surface area contributed by atoms with Crippen molar-refractivity contribution in [3.05, 3.63) is 91.9 Å². The normalized spacial score (nSPS) is 14.7. The van der Waals surface area contributed by atoms with E-state index in [9.17, 15) is 28.0 Å². The molecule has 0 bridgehead atoms. The number of H-pyrrole nitrogens is 1. The van der Waals surface area contributed by atoms with Crippen LogP contribution in [0.2, 0.25) is 0 Å². The Morgan fingerprint density at radius 1 is 1.04 bits per heavy atom. The average Bonchev–Trinajstić information content (AvgIpc) is 3.56. The quantitative estimate of drug-likeness (QED) is 0.226. The SMILES string of the molecule is COc1cc(Cn2c(=O)[nH]c3cc(F)c(OC(CF)CF)c(C4CCN(C=O)CC4)c3c2=O)ccc1OCC(=O)N1CCc2ccccc21. The van der Waals surface area contributed by atoms with Crippen LogP contribution in [0.3, 0.4) is 0 Å². The number of hydrogen-bond donors (Lipinski definition) is 1. The van der Waals surface area contributed by atoms with Gasteiger partial charge in [0.15, 0.2) is 35.8 Å². The van der Waals surface area contributed by atoms with Crippen LogP contribution in [0.4, 0.5) is 18.9 Å². The molecule has 0 aliphatic carbocycles. The summed E-state index contributed by atoms with van der Waals surface area (Å²) < 4.78 is 60.2. The van der Waals surface area contributed by atoms with E-state index < -0.39 is 48.2 Å². The predicted molar refractivity (Wildman–Crippen MR) is 175 cm³/mol. The Morgan fingerprint density at radius 2 is 1.80 bits per heavy atom. The maximum Gasteiger partial charge on any atom is 0.329 e. The number of piperidine rings is 1. The number of aromatic amines is 1. The number of nitrogens with one attached hydrogen (secondary N) is 1. The molecule has 2 aliphatic heterocycles. The number of fused-ring (bicyclic) bond motifs is 2. The molecule has 4 aromatic rings. The van der Waals surface area contributed by atoms with Gasteiger partial charge in [-0.3, -0.25) is 19.0 Å². The van der Waals surface area contributed by atoms with Gasteiger partial charge in [-0.05, 0) is 54.5 Å². The van der Waals surface area contributed by atoms with Gasteiger partial charge in [0.25, 0.3) is 11.5 Å². The topological polar surface area (TPSA) is 123 Å². The van der Waals surface area contributed by atoms with E-state index in [2.05, 4.69) is 4.98 Å². The van der Waals surface area contributed by atoms with E-state index in [0.717, 1.165) is 28.3 Å². The van der Waals surface area contributed by atoms with E-state index in [-0.39, 0.29) is 47.0 Å². The molecule has 11 nitrogen and oxygen atoms in total. The number of likely N-dealkylation sites (tertiary alicyclic amines) is 1. The predicted octanol–water partition coefficient (Wildman–Crippen LogP) is 3.88. The van der Waals surface area contributed by atoms with Crippen molar-refractivity contribution in [1.82, 2.24) is 14.5 Å². The smallest absolute Gasteiger partial charge is 0.329 e. The second kappa shape index (κ2) is 14.5. The van der Waals surface area contributed by atoms with Gasteiger partial charge in [-0.1, -0.05) is 24.3 Å². The van der Waals surface area contributed by atoms with Crippen molar-refractivity contribution in [3.8, 4) is 17.2 Å². The molecule has 0 unspecified atom stereocenters. The lowest BCUT2D eigenvalue weighted by Crippen LogP contribution is -2.37. The Bertz CT molecular complexity index is 1990. The molecule has 3 aromatic carbocycles. The van der Waals surface area contributed by atoms with Gasteiger partial charge in [0.1, 0.15) is 13.3 Å². The average molecular weight is 681 g/mol. The molecule has 0 radical (unpaired) electrons. The number of halogens is 3. The second-order valence-electron chi connectivity index (χ2n) is 12.0. The summed E-state index contributed by atoms with van der Waals surface area (Å²) in [6.07, 6.45) is 0.508. The Balaban J connectivity index is 1.31. The number of aromatic nitrogens is 2. The van der Waals surface area contributed by atoms with Crippen molar-refractivity contribution in [3.63, 3.8) is 0 Å².